The van der Waals surface area contributed by atoms with E-state index in [-0.39, 0.29) is 0 Å². The molecule has 0 aromatic carbocycles. The molecule has 0 amide bonds. The van der Waals surface area contributed by atoms with E-state index in [1.165, 1.54) is 47.3 Å². The third-order valence-corrected chi connectivity index (χ3v) is 6.30. The number of hydrogen-bond acceptors (Lipinski definition) is 2. The van der Waals surface area contributed by atoms with Gasteiger partial charge >= 0.3 is 105 Å². The molecule has 0 atom stereocenters. The van der Waals surface area contributed by atoms with Crippen LogP contribution in [-0.4, -0.2) is 43.9 Å². The Balaban J connectivity index is 3.79. The number of rotatable bonds is 6. The van der Waals surface area contributed by atoms with Crippen LogP contribution >= 0.6 is 21.1 Å². The standard InChI is InChI=1S/C9H19NS2.Sb.2H/c1-3-5-7-10(9(11)12)8-6-4-2;;;/h3-8H2,1-2H3,(H,11,12);;;/q;+1;;/p-1. The maximum atomic E-state index is 5.32. The summed E-state index contributed by atoms with van der Waals surface area (Å²) in [6.07, 6.45) is 5.06. The summed E-state index contributed by atoms with van der Waals surface area (Å²) in [5.41, 5.74) is 0. The first-order chi connectivity index (χ1) is 6.26. The summed E-state index contributed by atoms with van der Waals surface area (Å²) in [5, 5.41) is 0. The fourth-order valence-corrected chi connectivity index (χ4v) is 2.86. The van der Waals surface area contributed by atoms with Gasteiger partial charge in [-0.2, -0.15) is 0 Å². The quantitative estimate of drug-likeness (QED) is 0.545. The molecule has 0 spiro atoms. The summed E-state index contributed by atoms with van der Waals surface area (Å²) < 4.78 is 1.12. The Kier molecular flexibility index (Phi) is 10.4. The van der Waals surface area contributed by atoms with Crippen molar-refractivity contribution in [3.8, 4) is 0 Å². The topological polar surface area (TPSA) is 3.24 Å². The molecule has 13 heavy (non-hydrogen) atoms. The van der Waals surface area contributed by atoms with Crippen molar-refractivity contribution in [3.05, 3.63) is 0 Å². The van der Waals surface area contributed by atoms with E-state index in [9.17, 15) is 0 Å². The molecule has 0 heterocycles. The molecule has 1 nitrogen and oxygen atoms in total. The van der Waals surface area contributed by atoms with Crippen LogP contribution in [0.5, 0.6) is 0 Å². The molecule has 0 aromatic heterocycles. The average Bonchev–Trinajstić information content (AvgIpc) is 2.17. The second-order valence-corrected chi connectivity index (χ2v) is 6.36. The second-order valence-electron chi connectivity index (χ2n) is 3.08. The molecule has 0 fully saturated rings. The van der Waals surface area contributed by atoms with Crippen LogP contribution in [0.15, 0.2) is 0 Å². The Morgan fingerprint density at radius 1 is 1.23 bits per heavy atom. The van der Waals surface area contributed by atoms with E-state index in [2.05, 4.69) is 18.7 Å². The Morgan fingerprint density at radius 3 is 2.00 bits per heavy atom. The van der Waals surface area contributed by atoms with Gasteiger partial charge in [0.1, 0.15) is 0 Å². The molecule has 78 valence electrons. The van der Waals surface area contributed by atoms with Gasteiger partial charge in [0.05, 0.1) is 0 Å². The van der Waals surface area contributed by atoms with Crippen LogP contribution in [0.2, 0.25) is 0 Å². The maximum absolute atomic E-state index is 5.32. The molecule has 0 saturated heterocycles. The zero-order valence-electron chi connectivity index (χ0n) is 8.58. The molecule has 0 aliphatic carbocycles. The van der Waals surface area contributed by atoms with Gasteiger partial charge in [-0.05, 0) is 0 Å². The molecule has 0 aliphatic heterocycles. The van der Waals surface area contributed by atoms with E-state index in [4.69, 9.17) is 12.2 Å². The molecule has 0 N–H and O–H groups in total. The van der Waals surface area contributed by atoms with Gasteiger partial charge in [-0.15, -0.1) is 0 Å². The van der Waals surface area contributed by atoms with Gasteiger partial charge in [0.25, 0.3) is 0 Å². The van der Waals surface area contributed by atoms with Gasteiger partial charge < -0.3 is 0 Å². The summed E-state index contributed by atoms with van der Waals surface area (Å²) in [4.78, 5) is 2.37. The molecule has 0 bridgehead atoms. The van der Waals surface area contributed by atoms with E-state index in [0.29, 0.717) is 0 Å². The fourth-order valence-electron chi connectivity index (χ4n) is 1.07. The summed E-state index contributed by atoms with van der Waals surface area (Å²) in [6, 6.07) is 0. The van der Waals surface area contributed by atoms with E-state index in [1.54, 1.807) is 0 Å². The average molecular weight is 328 g/mol. The van der Waals surface area contributed by atoms with E-state index >= 15 is 0 Å². The number of hydrogen-bond donors (Lipinski definition) is 0. The molecule has 0 rings (SSSR count). The van der Waals surface area contributed by atoms with Crippen LogP contribution in [0, 0.1) is 0 Å². The summed E-state index contributed by atoms with van der Waals surface area (Å²) >= 11 is 6.51. The van der Waals surface area contributed by atoms with E-state index < -0.39 is 0 Å². The second kappa shape index (κ2) is 9.61. The van der Waals surface area contributed by atoms with Crippen molar-refractivity contribution in [1.82, 2.24) is 4.90 Å². The van der Waals surface area contributed by atoms with Crippen LogP contribution in [0.25, 0.3) is 0 Å². The van der Waals surface area contributed by atoms with Crippen molar-refractivity contribution in [2.75, 3.05) is 13.1 Å². The Labute approximate surface area is 104 Å². The normalized spacial score (nSPS) is 10.1. The van der Waals surface area contributed by atoms with Crippen molar-refractivity contribution in [3.63, 3.8) is 0 Å². The number of unbranched alkanes of at least 4 members (excludes halogenated alkanes) is 2. The van der Waals surface area contributed by atoms with E-state index in [1.807, 2.05) is 8.85 Å². The van der Waals surface area contributed by atoms with Crippen LogP contribution in [0.1, 0.15) is 39.5 Å². The van der Waals surface area contributed by atoms with Crippen LogP contribution < -0.4 is 0 Å². The van der Waals surface area contributed by atoms with Crippen LogP contribution in [-0.2, 0) is 0 Å². The van der Waals surface area contributed by atoms with Crippen LogP contribution in [0.4, 0.5) is 0 Å². The van der Waals surface area contributed by atoms with Gasteiger partial charge in [0, 0.05) is 0 Å². The Hall–Kier alpha value is 1.06. The molecule has 4 heteroatoms. The number of nitrogens with zero attached hydrogens (tertiary/aromatic N) is 1. The number of thiocarbonyl (C=S) groups is 1. The van der Waals surface area contributed by atoms with Crippen molar-refractivity contribution < 1.29 is 0 Å². The molecule has 0 radical (unpaired) electrons. The van der Waals surface area contributed by atoms with Gasteiger partial charge in [-0.25, -0.2) is 0 Å². The fraction of sp³-hybridized carbons (Fsp3) is 0.889. The Bertz CT molecular complexity index is 134. The summed E-state index contributed by atoms with van der Waals surface area (Å²) in [6.45, 7) is 6.77. The first-order valence-corrected chi connectivity index (χ1v) is 10.2. The van der Waals surface area contributed by atoms with Gasteiger partial charge in [0.15, 0.2) is 0 Å². The third-order valence-electron chi connectivity index (χ3n) is 1.92. The Morgan fingerprint density at radius 2 is 1.69 bits per heavy atom. The summed E-state index contributed by atoms with van der Waals surface area (Å²) in [5.74, 6) is 0. The molecule has 0 saturated carbocycles. The van der Waals surface area contributed by atoms with E-state index in [0.717, 1.165) is 17.4 Å². The first-order valence-electron chi connectivity index (χ1n) is 4.91. The van der Waals surface area contributed by atoms with Gasteiger partial charge in [-0.3, -0.25) is 0 Å². The van der Waals surface area contributed by atoms with Crippen LogP contribution in [0.3, 0.4) is 0 Å². The minimum absolute atomic E-state index is 1.12. The zero-order chi connectivity index (χ0) is 10.1. The first kappa shape index (κ1) is 14.1. The molecular formula is C9H20NS2Sb. The molecular weight excluding hydrogens is 308 g/mol. The van der Waals surface area contributed by atoms with Crippen molar-refractivity contribution in [2.45, 2.75) is 39.5 Å². The predicted octanol–water partition coefficient (Wildman–Crippen LogP) is 2.45. The minimum atomic E-state index is 1.12. The third kappa shape index (κ3) is 7.04. The monoisotopic (exact) mass is 327 g/mol. The van der Waals surface area contributed by atoms with Crippen molar-refractivity contribution >= 4 is 47.0 Å². The van der Waals surface area contributed by atoms with Gasteiger partial charge in [0.2, 0.25) is 0 Å². The van der Waals surface area contributed by atoms with Gasteiger partial charge in [-0.1, -0.05) is 0 Å². The zero-order valence-corrected chi connectivity index (χ0v) is 13.5. The molecule has 0 aliphatic rings. The SMILES string of the molecule is CCCCN(CCCC)C(=S)[S][SbH2]. The molecule has 0 unspecified atom stereocenters. The summed E-state index contributed by atoms with van der Waals surface area (Å²) in [7, 11) is 1.82. The molecule has 0 aromatic rings. The van der Waals surface area contributed by atoms with Crippen molar-refractivity contribution in [2.24, 2.45) is 0 Å². The van der Waals surface area contributed by atoms with Crippen molar-refractivity contribution in [1.29, 1.82) is 0 Å². The predicted molar refractivity (Wildman–Crippen MR) is 70.1 cm³/mol.